The maximum absolute atomic E-state index is 11.0. The first-order valence-corrected chi connectivity index (χ1v) is 8.27. The zero-order valence-corrected chi connectivity index (χ0v) is 15.0. The minimum atomic E-state index is -0.137. The molecule has 0 saturated carbocycles. The van der Waals surface area contributed by atoms with Crippen molar-refractivity contribution in [1.82, 2.24) is 5.32 Å². The van der Waals surface area contributed by atoms with Gasteiger partial charge in [0.1, 0.15) is 19.0 Å². The molecule has 4 nitrogen and oxygen atoms in total. The van der Waals surface area contributed by atoms with E-state index in [2.05, 4.69) is 36.5 Å². The van der Waals surface area contributed by atoms with Gasteiger partial charge in [-0.1, -0.05) is 55.8 Å². The van der Waals surface area contributed by atoms with Gasteiger partial charge in [0.05, 0.1) is 6.61 Å². The van der Waals surface area contributed by atoms with Gasteiger partial charge >= 0.3 is 0 Å². The SMILES string of the molecule is CC.CNC(=O)COCCOc1ccc(-c2ccc(C)cc2)cc1. The van der Waals surface area contributed by atoms with E-state index in [9.17, 15) is 4.79 Å². The molecule has 2 aromatic rings. The monoisotopic (exact) mass is 329 g/mol. The highest BCUT2D eigenvalue weighted by atomic mass is 16.5. The number of hydrogen-bond donors (Lipinski definition) is 1. The van der Waals surface area contributed by atoms with Crippen LogP contribution in [0.15, 0.2) is 48.5 Å². The second-order valence-electron chi connectivity index (χ2n) is 4.96. The van der Waals surface area contributed by atoms with Gasteiger partial charge < -0.3 is 14.8 Å². The number of ether oxygens (including phenoxy) is 2. The lowest BCUT2D eigenvalue weighted by Crippen LogP contribution is -2.24. The van der Waals surface area contributed by atoms with Gasteiger partial charge in [-0.3, -0.25) is 4.79 Å². The van der Waals surface area contributed by atoms with Crippen molar-refractivity contribution in [3.05, 3.63) is 54.1 Å². The number of amides is 1. The highest BCUT2D eigenvalue weighted by molar-refractivity contribution is 5.76. The van der Waals surface area contributed by atoms with Crippen molar-refractivity contribution in [3.8, 4) is 16.9 Å². The van der Waals surface area contributed by atoms with Crippen LogP contribution in [0.4, 0.5) is 0 Å². The van der Waals surface area contributed by atoms with Crippen molar-refractivity contribution in [2.45, 2.75) is 20.8 Å². The Hall–Kier alpha value is -2.33. The van der Waals surface area contributed by atoms with Crippen LogP contribution < -0.4 is 10.1 Å². The van der Waals surface area contributed by atoms with Crippen LogP contribution in [0.5, 0.6) is 5.75 Å². The van der Waals surface area contributed by atoms with E-state index in [1.807, 2.05) is 38.1 Å². The van der Waals surface area contributed by atoms with Crippen LogP contribution >= 0.6 is 0 Å². The van der Waals surface area contributed by atoms with E-state index in [-0.39, 0.29) is 12.5 Å². The molecular formula is C20H27NO3. The van der Waals surface area contributed by atoms with Crippen molar-refractivity contribution in [1.29, 1.82) is 0 Å². The zero-order chi connectivity index (χ0) is 17.8. The maximum atomic E-state index is 11.0. The largest absolute Gasteiger partial charge is 0.491 e. The van der Waals surface area contributed by atoms with E-state index in [0.717, 1.165) is 11.3 Å². The Bertz CT molecular complexity index is 591. The highest BCUT2D eigenvalue weighted by Gasteiger charge is 2.00. The van der Waals surface area contributed by atoms with Crippen LogP contribution in [0.1, 0.15) is 19.4 Å². The minimum absolute atomic E-state index is 0.0617. The highest BCUT2D eigenvalue weighted by Crippen LogP contribution is 2.22. The molecule has 2 aromatic carbocycles. The number of benzene rings is 2. The molecule has 0 fully saturated rings. The molecule has 0 atom stereocenters. The summed E-state index contributed by atoms with van der Waals surface area (Å²) in [5.74, 6) is 0.654. The van der Waals surface area contributed by atoms with Crippen LogP contribution in [0, 0.1) is 6.92 Å². The summed E-state index contributed by atoms with van der Waals surface area (Å²) in [5.41, 5.74) is 3.59. The lowest BCUT2D eigenvalue weighted by Gasteiger charge is -2.08. The van der Waals surface area contributed by atoms with Crippen molar-refractivity contribution in [2.24, 2.45) is 0 Å². The lowest BCUT2D eigenvalue weighted by atomic mass is 10.0. The molecule has 130 valence electrons. The Balaban J connectivity index is 0.00000139. The number of aryl methyl sites for hydroxylation is 1. The van der Waals surface area contributed by atoms with Crippen LogP contribution in [0.25, 0.3) is 11.1 Å². The summed E-state index contributed by atoms with van der Waals surface area (Å²) in [4.78, 5) is 11.0. The Labute approximate surface area is 144 Å². The molecule has 4 heteroatoms. The van der Waals surface area contributed by atoms with Crippen molar-refractivity contribution in [3.63, 3.8) is 0 Å². The van der Waals surface area contributed by atoms with Gasteiger partial charge in [0.15, 0.2) is 0 Å². The fraction of sp³-hybridized carbons (Fsp3) is 0.350. The Morgan fingerprint density at radius 1 is 0.917 bits per heavy atom. The summed E-state index contributed by atoms with van der Waals surface area (Å²) < 4.78 is 10.7. The molecular weight excluding hydrogens is 302 g/mol. The van der Waals surface area contributed by atoms with E-state index >= 15 is 0 Å². The van der Waals surface area contributed by atoms with Gasteiger partial charge in [0.2, 0.25) is 5.91 Å². The topological polar surface area (TPSA) is 47.6 Å². The van der Waals surface area contributed by atoms with Gasteiger partial charge in [-0.25, -0.2) is 0 Å². The Morgan fingerprint density at radius 2 is 1.46 bits per heavy atom. The van der Waals surface area contributed by atoms with Crippen LogP contribution in [0.2, 0.25) is 0 Å². The summed E-state index contributed by atoms with van der Waals surface area (Å²) in [6.07, 6.45) is 0. The number of likely N-dealkylation sites (N-methyl/N-ethyl adjacent to an activating group) is 1. The molecule has 1 amide bonds. The lowest BCUT2D eigenvalue weighted by molar-refractivity contribution is -0.125. The molecule has 0 saturated heterocycles. The zero-order valence-electron chi connectivity index (χ0n) is 15.0. The predicted molar refractivity (Wildman–Crippen MR) is 98.3 cm³/mol. The summed E-state index contributed by atoms with van der Waals surface area (Å²) >= 11 is 0. The van der Waals surface area contributed by atoms with E-state index in [4.69, 9.17) is 9.47 Å². The summed E-state index contributed by atoms with van der Waals surface area (Å²) in [6, 6.07) is 16.4. The first-order chi connectivity index (χ1) is 11.7. The quantitative estimate of drug-likeness (QED) is 0.785. The van der Waals surface area contributed by atoms with Crippen molar-refractivity contribution < 1.29 is 14.3 Å². The second-order valence-corrected chi connectivity index (χ2v) is 4.96. The molecule has 2 rings (SSSR count). The first kappa shape index (κ1) is 19.7. The molecule has 0 spiro atoms. The number of nitrogens with one attached hydrogen (secondary N) is 1. The normalized spacial score (nSPS) is 9.67. The van der Waals surface area contributed by atoms with Gasteiger partial charge in [-0.05, 0) is 30.2 Å². The summed E-state index contributed by atoms with van der Waals surface area (Å²) in [5, 5.41) is 2.49. The number of hydrogen-bond acceptors (Lipinski definition) is 3. The molecule has 0 aromatic heterocycles. The predicted octanol–water partition coefficient (Wildman–Crippen LogP) is 3.83. The maximum Gasteiger partial charge on any atom is 0.245 e. The van der Waals surface area contributed by atoms with Crippen LogP contribution in [-0.4, -0.2) is 32.8 Å². The Morgan fingerprint density at radius 3 is 2.00 bits per heavy atom. The van der Waals surface area contributed by atoms with E-state index < -0.39 is 0 Å². The standard InChI is InChI=1S/C18H21NO3.C2H6/c1-14-3-5-15(6-4-14)16-7-9-17(10-8-16)22-12-11-21-13-18(20)19-2;1-2/h3-10H,11-13H2,1-2H3,(H,19,20);1-2H3. The fourth-order valence-corrected chi connectivity index (χ4v) is 1.95. The second kappa shape index (κ2) is 11.2. The molecule has 0 aliphatic carbocycles. The average Bonchev–Trinajstić information content (AvgIpc) is 2.64. The Kier molecular flexibility index (Phi) is 9.24. The summed E-state index contributed by atoms with van der Waals surface area (Å²) in [6.45, 7) is 6.94. The minimum Gasteiger partial charge on any atom is -0.491 e. The molecule has 0 aliphatic rings. The number of carbonyl (C=O) groups is 1. The average molecular weight is 329 g/mol. The molecule has 0 bridgehead atoms. The molecule has 0 aliphatic heterocycles. The smallest absolute Gasteiger partial charge is 0.245 e. The van der Waals surface area contributed by atoms with Gasteiger partial charge in [-0.2, -0.15) is 0 Å². The third kappa shape index (κ3) is 6.84. The van der Waals surface area contributed by atoms with Crippen LogP contribution in [-0.2, 0) is 9.53 Å². The molecule has 1 N–H and O–H groups in total. The number of rotatable bonds is 7. The third-order valence-corrected chi connectivity index (χ3v) is 3.25. The fourth-order valence-electron chi connectivity index (χ4n) is 1.95. The molecule has 0 heterocycles. The van der Waals surface area contributed by atoms with Crippen LogP contribution in [0.3, 0.4) is 0 Å². The van der Waals surface area contributed by atoms with Gasteiger partial charge in [-0.15, -0.1) is 0 Å². The molecule has 0 unspecified atom stereocenters. The summed E-state index contributed by atoms with van der Waals surface area (Å²) in [7, 11) is 1.58. The van der Waals surface area contributed by atoms with Crippen molar-refractivity contribution in [2.75, 3.05) is 26.9 Å². The van der Waals surface area contributed by atoms with E-state index in [0.29, 0.717) is 13.2 Å². The first-order valence-electron chi connectivity index (χ1n) is 8.27. The molecule has 24 heavy (non-hydrogen) atoms. The number of carbonyl (C=O) groups excluding carboxylic acids is 1. The van der Waals surface area contributed by atoms with E-state index in [1.165, 1.54) is 11.1 Å². The molecule has 0 radical (unpaired) electrons. The van der Waals surface area contributed by atoms with Gasteiger partial charge in [0.25, 0.3) is 0 Å². The van der Waals surface area contributed by atoms with Gasteiger partial charge in [0, 0.05) is 7.05 Å². The third-order valence-electron chi connectivity index (χ3n) is 3.25. The van der Waals surface area contributed by atoms with E-state index in [1.54, 1.807) is 7.05 Å². The van der Waals surface area contributed by atoms with Crippen molar-refractivity contribution >= 4 is 5.91 Å².